The van der Waals surface area contributed by atoms with Gasteiger partial charge >= 0.3 is 0 Å². The molecule has 0 radical (unpaired) electrons. The van der Waals surface area contributed by atoms with E-state index in [0.29, 0.717) is 13.0 Å². The molecule has 1 amide bonds. The molecule has 0 aliphatic rings. The fraction of sp³-hybridized carbons (Fsp3) is 0.500. The van der Waals surface area contributed by atoms with Gasteiger partial charge in [0.15, 0.2) is 0 Å². The molecular weight excluding hydrogens is 228 g/mol. The summed E-state index contributed by atoms with van der Waals surface area (Å²) in [6.07, 6.45) is 0.315. The number of aryl methyl sites for hydroxylation is 1. The van der Waals surface area contributed by atoms with E-state index >= 15 is 0 Å². The fourth-order valence-corrected chi connectivity index (χ4v) is 1.58. The Morgan fingerprint density at radius 3 is 2.67 bits per heavy atom. The molecule has 0 atom stereocenters. The van der Waals surface area contributed by atoms with Crippen LogP contribution < -0.4 is 11.1 Å². The van der Waals surface area contributed by atoms with Gasteiger partial charge in [-0.25, -0.2) is 0 Å². The normalized spacial score (nSPS) is 11.4. The van der Waals surface area contributed by atoms with Crippen LogP contribution in [0.25, 0.3) is 0 Å². The number of carbonyl (C=O) groups excluding carboxylic acids is 1. The number of nitrogens with two attached hydrogens (primary N) is 1. The average molecular weight is 250 g/mol. The summed E-state index contributed by atoms with van der Waals surface area (Å²) in [6, 6.07) is 5.83. The van der Waals surface area contributed by atoms with E-state index in [-0.39, 0.29) is 5.91 Å². The van der Waals surface area contributed by atoms with Crippen molar-refractivity contribution in [1.82, 2.24) is 0 Å². The van der Waals surface area contributed by atoms with E-state index in [1.165, 1.54) is 0 Å². The number of hydrogen-bond donors (Lipinski definition) is 2. The van der Waals surface area contributed by atoms with E-state index in [1.807, 2.05) is 39.0 Å². The van der Waals surface area contributed by atoms with Crippen molar-refractivity contribution in [2.45, 2.75) is 39.3 Å². The van der Waals surface area contributed by atoms with Gasteiger partial charge in [-0.2, -0.15) is 0 Å². The highest BCUT2D eigenvalue weighted by atomic mass is 16.5. The minimum Gasteiger partial charge on any atom is -0.378 e. The van der Waals surface area contributed by atoms with Crippen molar-refractivity contribution in [1.29, 1.82) is 0 Å². The van der Waals surface area contributed by atoms with E-state index < -0.39 is 5.60 Å². The van der Waals surface area contributed by atoms with Crippen LogP contribution in [0.2, 0.25) is 0 Å². The van der Waals surface area contributed by atoms with Gasteiger partial charge in [0.05, 0.1) is 12.0 Å². The topological polar surface area (TPSA) is 64.3 Å². The van der Waals surface area contributed by atoms with Gasteiger partial charge in [0.1, 0.15) is 0 Å². The highest BCUT2D eigenvalue weighted by Crippen LogP contribution is 2.19. The summed E-state index contributed by atoms with van der Waals surface area (Å²) in [6.45, 7) is 6.19. The molecular formula is C14H22N2O2. The minimum absolute atomic E-state index is 0.0564. The lowest BCUT2D eigenvalue weighted by atomic mass is 10.0. The molecule has 0 aliphatic carbocycles. The molecule has 0 saturated heterocycles. The SMILES string of the molecule is COC(C)(C)CC(=O)Nc1cc(CN)ccc1C. The Morgan fingerprint density at radius 1 is 1.44 bits per heavy atom. The monoisotopic (exact) mass is 250 g/mol. The molecule has 0 aliphatic heterocycles. The number of anilines is 1. The molecule has 18 heavy (non-hydrogen) atoms. The van der Waals surface area contributed by atoms with Gasteiger partial charge in [-0.3, -0.25) is 4.79 Å². The third-order valence-corrected chi connectivity index (χ3v) is 2.95. The summed E-state index contributed by atoms with van der Waals surface area (Å²) >= 11 is 0. The first-order valence-corrected chi connectivity index (χ1v) is 6.02. The summed E-state index contributed by atoms with van der Waals surface area (Å²) < 4.78 is 5.24. The highest BCUT2D eigenvalue weighted by Gasteiger charge is 2.21. The molecule has 0 bridgehead atoms. The predicted octanol–water partition coefficient (Wildman–Crippen LogP) is 2.21. The van der Waals surface area contributed by atoms with Crippen LogP contribution in [-0.4, -0.2) is 18.6 Å². The second-order valence-corrected chi connectivity index (χ2v) is 5.04. The van der Waals surface area contributed by atoms with Crippen LogP contribution in [-0.2, 0) is 16.1 Å². The molecule has 4 nitrogen and oxygen atoms in total. The second kappa shape index (κ2) is 5.98. The molecule has 4 heteroatoms. The maximum absolute atomic E-state index is 11.9. The summed E-state index contributed by atoms with van der Waals surface area (Å²) in [4.78, 5) is 11.9. The van der Waals surface area contributed by atoms with Crippen LogP contribution in [0.15, 0.2) is 18.2 Å². The van der Waals surface area contributed by atoms with Crippen LogP contribution in [0.5, 0.6) is 0 Å². The number of rotatable bonds is 5. The van der Waals surface area contributed by atoms with Crippen molar-refractivity contribution in [3.05, 3.63) is 29.3 Å². The summed E-state index contributed by atoms with van der Waals surface area (Å²) in [5.41, 5.74) is 7.98. The first-order valence-electron chi connectivity index (χ1n) is 6.02. The second-order valence-electron chi connectivity index (χ2n) is 5.04. The van der Waals surface area contributed by atoms with E-state index in [2.05, 4.69) is 5.32 Å². The Morgan fingerprint density at radius 2 is 2.11 bits per heavy atom. The van der Waals surface area contributed by atoms with Crippen LogP contribution in [0.1, 0.15) is 31.4 Å². The number of ether oxygens (including phenoxy) is 1. The molecule has 0 unspecified atom stereocenters. The first-order chi connectivity index (χ1) is 8.38. The molecule has 100 valence electrons. The molecule has 1 aromatic carbocycles. The van der Waals surface area contributed by atoms with Gasteiger partial charge in [0.25, 0.3) is 0 Å². The standard InChI is InChI=1S/C14H22N2O2/c1-10-5-6-11(9-15)7-12(10)16-13(17)8-14(2,3)18-4/h5-7H,8-9,15H2,1-4H3,(H,16,17). The molecule has 1 rings (SSSR count). The number of amides is 1. The van der Waals surface area contributed by atoms with Crippen molar-refractivity contribution >= 4 is 11.6 Å². The van der Waals surface area contributed by atoms with Gasteiger partial charge in [-0.15, -0.1) is 0 Å². The van der Waals surface area contributed by atoms with Crippen molar-refractivity contribution < 1.29 is 9.53 Å². The smallest absolute Gasteiger partial charge is 0.227 e. The molecule has 1 aromatic rings. The Labute approximate surface area is 109 Å². The largest absolute Gasteiger partial charge is 0.378 e. The summed E-state index contributed by atoms with van der Waals surface area (Å²) in [5.74, 6) is -0.0564. The molecule has 0 spiro atoms. The summed E-state index contributed by atoms with van der Waals surface area (Å²) in [5, 5.41) is 2.90. The third-order valence-electron chi connectivity index (χ3n) is 2.95. The lowest BCUT2D eigenvalue weighted by molar-refractivity contribution is -0.121. The Balaban J connectivity index is 2.75. The number of methoxy groups -OCH3 is 1. The van der Waals surface area contributed by atoms with Crippen LogP contribution in [0.4, 0.5) is 5.69 Å². The van der Waals surface area contributed by atoms with Crippen LogP contribution >= 0.6 is 0 Å². The molecule has 3 N–H and O–H groups in total. The van der Waals surface area contributed by atoms with E-state index in [4.69, 9.17) is 10.5 Å². The minimum atomic E-state index is -0.455. The van der Waals surface area contributed by atoms with E-state index in [0.717, 1.165) is 16.8 Å². The number of carbonyl (C=O) groups is 1. The van der Waals surface area contributed by atoms with Gasteiger partial charge < -0.3 is 15.8 Å². The zero-order valence-corrected chi connectivity index (χ0v) is 11.5. The predicted molar refractivity (Wildman–Crippen MR) is 73.4 cm³/mol. The molecule has 0 fully saturated rings. The maximum Gasteiger partial charge on any atom is 0.227 e. The molecule has 0 aromatic heterocycles. The quantitative estimate of drug-likeness (QED) is 0.842. The van der Waals surface area contributed by atoms with Gasteiger partial charge in [-0.1, -0.05) is 12.1 Å². The van der Waals surface area contributed by atoms with E-state index in [9.17, 15) is 4.79 Å². The average Bonchev–Trinajstić information content (AvgIpc) is 2.31. The van der Waals surface area contributed by atoms with Gasteiger partial charge in [0.2, 0.25) is 5.91 Å². The lowest BCUT2D eigenvalue weighted by Gasteiger charge is -2.22. The Kier molecular flexibility index (Phi) is 4.87. The number of hydrogen-bond acceptors (Lipinski definition) is 3. The van der Waals surface area contributed by atoms with Crippen molar-refractivity contribution in [2.24, 2.45) is 5.73 Å². The van der Waals surface area contributed by atoms with Gasteiger partial charge in [0, 0.05) is 19.3 Å². The molecule has 0 saturated carbocycles. The van der Waals surface area contributed by atoms with E-state index in [1.54, 1.807) is 7.11 Å². The summed E-state index contributed by atoms with van der Waals surface area (Å²) in [7, 11) is 1.60. The van der Waals surface area contributed by atoms with Gasteiger partial charge in [-0.05, 0) is 38.0 Å². The van der Waals surface area contributed by atoms with Crippen LogP contribution in [0.3, 0.4) is 0 Å². The maximum atomic E-state index is 11.9. The lowest BCUT2D eigenvalue weighted by Crippen LogP contribution is -2.29. The van der Waals surface area contributed by atoms with Crippen molar-refractivity contribution in [3.8, 4) is 0 Å². The zero-order chi connectivity index (χ0) is 13.8. The molecule has 0 heterocycles. The number of nitrogens with one attached hydrogen (secondary N) is 1. The highest BCUT2D eigenvalue weighted by molar-refractivity contribution is 5.92. The zero-order valence-electron chi connectivity index (χ0n) is 11.5. The Bertz CT molecular complexity index is 428. The third kappa shape index (κ3) is 4.13. The van der Waals surface area contributed by atoms with Crippen LogP contribution in [0, 0.1) is 6.92 Å². The number of benzene rings is 1. The Hall–Kier alpha value is -1.39. The first kappa shape index (κ1) is 14.7. The fourth-order valence-electron chi connectivity index (χ4n) is 1.58. The van der Waals surface area contributed by atoms with Crippen molar-refractivity contribution in [3.63, 3.8) is 0 Å². The van der Waals surface area contributed by atoms with Crippen molar-refractivity contribution in [2.75, 3.05) is 12.4 Å².